The second kappa shape index (κ2) is 9.16. The Bertz CT molecular complexity index is 492. The van der Waals surface area contributed by atoms with Crippen molar-refractivity contribution in [2.24, 2.45) is 5.73 Å². The number of carbonyl (C=O) groups excluding carboxylic acids is 1. The molecule has 2 aromatic rings. The van der Waals surface area contributed by atoms with E-state index in [0.717, 1.165) is 13.0 Å². The zero-order valence-corrected chi connectivity index (χ0v) is 12.7. The molecule has 0 bridgehead atoms. The molecule has 2 aromatic carbocycles. The minimum Gasteiger partial charge on any atom is -0.369 e. The molecule has 3 nitrogen and oxygen atoms in total. The maximum absolute atomic E-state index is 10.7. The van der Waals surface area contributed by atoms with Gasteiger partial charge in [-0.15, -0.1) is 12.4 Å². The van der Waals surface area contributed by atoms with Gasteiger partial charge in [-0.1, -0.05) is 60.7 Å². The Morgan fingerprint density at radius 1 is 0.952 bits per heavy atom. The Hall–Kier alpha value is -1.84. The molecule has 4 heteroatoms. The summed E-state index contributed by atoms with van der Waals surface area (Å²) in [7, 11) is 0. The number of halogens is 1. The maximum Gasteiger partial charge on any atom is 0.231 e. The van der Waals surface area contributed by atoms with E-state index in [0.29, 0.717) is 5.92 Å². The minimum absolute atomic E-state index is 0. The number of rotatable bonds is 7. The van der Waals surface area contributed by atoms with Crippen LogP contribution in [0.15, 0.2) is 60.7 Å². The molecular weight excluding hydrogens is 284 g/mol. The lowest BCUT2D eigenvalue weighted by Gasteiger charge is -2.18. The summed E-state index contributed by atoms with van der Waals surface area (Å²) in [5.41, 5.74) is 7.71. The average molecular weight is 305 g/mol. The van der Waals surface area contributed by atoms with Crippen molar-refractivity contribution in [2.75, 3.05) is 13.1 Å². The molecule has 0 atom stereocenters. The Labute approximate surface area is 132 Å². The van der Waals surface area contributed by atoms with E-state index >= 15 is 0 Å². The monoisotopic (exact) mass is 304 g/mol. The van der Waals surface area contributed by atoms with Gasteiger partial charge in [0, 0.05) is 5.92 Å². The van der Waals surface area contributed by atoms with Crippen LogP contribution in [-0.2, 0) is 4.79 Å². The first kappa shape index (κ1) is 17.2. The van der Waals surface area contributed by atoms with Gasteiger partial charge >= 0.3 is 0 Å². The number of hydrogen-bond acceptors (Lipinski definition) is 2. The number of primary amides is 1. The minimum atomic E-state index is -0.319. The molecule has 0 saturated heterocycles. The van der Waals surface area contributed by atoms with Gasteiger partial charge in [0.05, 0.1) is 6.54 Å². The first-order chi connectivity index (χ1) is 9.77. The van der Waals surface area contributed by atoms with Crippen molar-refractivity contribution >= 4 is 18.3 Å². The number of hydrogen-bond donors (Lipinski definition) is 2. The number of nitrogens with two attached hydrogens (primary N) is 1. The van der Waals surface area contributed by atoms with Crippen LogP contribution in [0, 0.1) is 0 Å². The summed E-state index contributed by atoms with van der Waals surface area (Å²) in [6.45, 7) is 0.994. The highest BCUT2D eigenvalue weighted by molar-refractivity contribution is 5.85. The Balaban J connectivity index is 0.00000220. The van der Waals surface area contributed by atoms with Crippen LogP contribution in [0.25, 0.3) is 0 Å². The van der Waals surface area contributed by atoms with Crippen molar-refractivity contribution in [3.8, 4) is 0 Å². The summed E-state index contributed by atoms with van der Waals surface area (Å²) in [6, 6.07) is 20.9. The molecular formula is C17H21ClN2O. The van der Waals surface area contributed by atoms with Crippen LogP contribution in [-0.4, -0.2) is 19.0 Å². The normalized spacial score (nSPS) is 10.1. The predicted molar refractivity (Wildman–Crippen MR) is 88.7 cm³/mol. The third-order valence-corrected chi connectivity index (χ3v) is 3.31. The number of benzene rings is 2. The fourth-order valence-electron chi connectivity index (χ4n) is 2.35. The Morgan fingerprint density at radius 3 is 1.86 bits per heavy atom. The van der Waals surface area contributed by atoms with Gasteiger partial charge in [0.1, 0.15) is 0 Å². The lowest BCUT2D eigenvalue weighted by molar-refractivity contribution is -0.117. The summed E-state index contributed by atoms with van der Waals surface area (Å²) < 4.78 is 0. The largest absolute Gasteiger partial charge is 0.369 e. The molecule has 21 heavy (non-hydrogen) atoms. The van der Waals surface area contributed by atoms with Crippen molar-refractivity contribution in [3.05, 3.63) is 71.8 Å². The quantitative estimate of drug-likeness (QED) is 0.773. The van der Waals surface area contributed by atoms with Crippen LogP contribution >= 0.6 is 12.4 Å². The Kier molecular flexibility index (Phi) is 7.51. The second-order valence-electron chi connectivity index (χ2n) is 4.81. The van der Waals surface area contributed by atoms with E-state index in [4.69, 9.17) is 5.73 Å². The fraction of sp³-hybridized carbons (Fsp3) is 0.235. The summed E-state index contributed by atoms with van der Waals surface area (Å²) in [6.07, 6.45) is 0.932. The van der Waals surface area contributed by atoms with Gasteiger partial charge in [-0.05, 0) is 24.1 Å². The molecule has 0 heterocycles. The first-order valence-electron chi connectivity index (χ1n) is 6.86. The summed E-state index contributed by atoms with van der Waals surface area (Å²) in [5, 5.41) is 3.08. The van der Waals surface area contributed by atoms with E-state index in [1.807, 2.05) is 12.1 Å². The van der Waals surface area contributed by atoms with Crippen LogP contribution in [0.4, 0.5) is 0 Å². The van der Waals surface area contributed by atoms with Gasteiger partial charge in [0.2, 0.25) is 5.91 Å². The van der Waals surface area contributed by atoms with Crippen LogP contribution in [0.3, 0.4) is 0 Å². The van der Waals surface area contributed by atoms with Crippen LogP contribution in [0.5, 0.6) is 0 Å². The van der Waals surface area contributed by atoms with E-state index in [-0.39, 0.29) is 24.9 Å². The van der Waals surface area contributed by atoms with Crippen LogP contribution in [0.2, 0.25) is 0 Å². The molecule has 0 saturated carbocycles. The zero-order valence-electron chi connectivity index (χ0n) is 11.9. The van der Waals surface area contributed by atoms with Gasteiger partial charge in [-0.2, -0.15) is 0 Å². The van der Waals surface area contributed by atoms with Crippen molar-refractivity contribution in [3.63, 3.8) is 0 Å². The predicted octanol–water partition coefficient (Wildman–Crippen LogP) is 2.71. The van der Waals surface area contributed by atoms with Crippen molar-refractivity contribution in [1.82, 2.24) is 5.32 Å². The molecule has 0 fully saturated rings. The highest BCUT2D eigenvalue weighted by Gasteiger charge is 2.13. The summed E-state index contributed by atoms with van der Waals surface area (Å²) in [5.74, 6) is 0.0127. The van der Waals surface area contributed by atoms with Crippen molar-refractivity contribution in [1.29, 1.82) is 0 Å². The van der Waals surface area contributed by atoms with E-state index in [1.165, 1.54) is 11.1 Å². The molecule has 0 aliphatic heterocycles. The van der Waals surface area contributed by atoms with E-state index < -0.39 is 0 Å². The molecule has 3 N–H and O–H groups in total. The molecule has 0 radical (unpaired) electrons. The third-order valence-electron chi connectivity index (χ3n) is 3.31. The van der Waals surface area contributed by atoms with Gasteiger partial charge in [0.25, 0.3) is 0 Å². The fourth-order valence-corrected chi connectivity index (χ4v) is 2.35. The summed E-state index contributed by atoms with van der Waals surface area (Å²) >= 11 is 0. The van der Waals surface area contributed by atoms with Crippen molar-refractivity contribution < 1.29 is 4.79 Å². The number of carbonyl (C=O) groups is 1. The van der Waals surface area contributed by atoms with Crippen LogP contribution < -0.4 is 11.1 Å². The number of nitrogens with one attached hydrogen (secondary N) is 1. The molecule has 0 aromatic heterocycles. The molecule has 0 aliphatic rings. The van der Waals surface area contributed by atoms with Crippen LogP contribution in [0.1, 0.15) is 23.5 Å². The summed E-state index contributed by atoms with van der Waals surface area (Å²) in [4.78, 5) is 10.7. The highest BCUT2D eigenvalue weighted by Crippen LogP contribution is 2.27. The Morgan fingerprint density at radius 2 is 1.43 bits per heavy atom. The standard InChI is InChI=1S/C17H20N2O.ClH/c18-17(20)13-19-12-11-16(14-7-3-1-4-8-14)15-9-5-2-6-10-15;/h1-10,16,19H,11-13H2,(H2,18,20);1H. The molecule has 1 amide bonds. The lowest BCUT2D eigenvalue weighted by Crippen LogP contribution is -2.29. The SMILES string of the molecule is Cl.NC(=O)CNCCC(c1ccccc1)c1ccccc1. The van der Waals surface area contributed by atoms with E-state index in [9.17, 15) is 4.79 Å². The highest BCUT2D eigenvalue weighted by atomic mass is 35.5. The number of amides is 1. The van der Waals surface area contributed by atoms with Gasteiger partial charge < -0.3 is 11.1 Å². The maximum atomic E-state index is 10.7. The van der Waals surface area contributed by atoms with Gasteiger partial charge in [-0.3, -0.25) is 4.79 Å². The topological polar surface area (TPSA) is 55.1 Å². The van der Waals surface area contributed by atoms with Gasteiger partial charge in [-0.25, -0.2) is 0 Å². The molecule has 0 aliphatic carbocycles. The first-order valence-corrected chi connectivity index (χ1v) is 6.86. The van der Waals surface area contributed by atoms with Gasteiger partial charge in [0.15, 0.2) is 0 Å². The average Bonchev–Trinajstić information content (AvgIpc) is 2.49. The second-order valence-corrected chi connectivity index (χ2v) is 4.81. The smallest absolute Gasteiger partial charge is 0.231 e. The van der Waals surface area contributed by atoms with Crippen molar-refractivity contribution in [2.45, 2.75) is 12.3 Å². The lowest BCUT2D eigenvalue weighted by atomic mass is 9.88. The third kappa shape index (κ3) is 5.58. The molecule has 0 spiro atoms. The molecule has 112 valence electrons. The van der Waals surface area contributed by atoms with E-state index in [1.54, 1.807) is 0 Å². The zero-order chi connectivity index (χ0) is 14.2. The van der Waals surface area contributed by atoms with E-state index in [2.05, 4.69) is 53.8 Å². The molecule has 0 unspecified atom stereocenters. The molecule has 2 rings (SSSR count).